The third-order valence-electron chi connectivity index (χ3n) is 2.90. The van der Waals surface area contributed by atoms with E-state index in [2.05, 4.69) is 65.9 Å². The van der Waals surface area contributed by atoms with Gasteiger partial charge in [-0.1, -0.05) is 35.1 Å². The fourth-order valence-corrected chi connectivity index (χ4v) is 3.44. The number of nitrogens with one attached hydrogen (secondary N) is 1. The molecule has 96 valence electrons. The monoisotopic (exact) mass is 286 g/mol. The molecule has 0 atom stereocenters. The molecule has 19 heavy (non-hydrogen) atoms. The number of aromatic nitrogens is 1. The molecule has 0 aliphatic carbocycles. The molecule has 4 heteroatoms. The number of benzene rings is 2. The highest BCUT2D eigenvalue weighted by atomic mass is 32.2. The van der Waals surface area contributed by atoms with Crippen LogP contribution in [-0.4, -0.2) is 11.2 Å². The molecule has 3 rings (SSSR count). The van der Waals surface area contributed by atoms with Gasteiger partial charge in [0, 0.05) is 10.6 Å². The number of nitrogens with zero attached hydrogens (tertiary/aromatic N) is 1. The zero-order valence-electron chi connectivity index (χ0n) is 10.8. The van der Waals surface area contributed by atoms with Crippen molar-refractivity contribution in [2.75, 3.05) is 11.6 Å². The van der Waals surface area contributed by atoms with Crippen molar-refractivity contribution >= 4 is 44.1 Å². The number of hydrogen-bond donors (Lipinski definition) is 1. The Labute approximate surface area is 120 Å². The molecule has 0 aliphatic heterocycles. The highest BCUT2D eigenvalue weighted by molar-refractivity contribution is 7.98. The number of rotatable bonds is 3. The molecule has 0 unspecified atom stereocenters. The fraction of sp³-hybridized carbons (Fsp3) is 0.133. The lowest BCUT2D eigenvalue weighted by molar-refractivity contribution is 1.38. The summed E-state index contributed by atoms with van der Waals surface area (Å²) in [6.07, 6.45) is 2.08. The predicted molar refractivity (Wildman–Crippen MR) is 85.9 cm³/mol. The third-order valence-corrected chi connectivity index (χ3v) is 4.61. The number of aryl methyl sites for hydroxylation is 1. The molecule has 0 aliphatic rings. The molecule has 1 N–H and O–H groups in total. The molecule has 0 radical (unpaired) electrons. The average molecular weight is 286 g/mol. The van der Waals surface area contributed by atoms with Crippen molar-refractivity contribution in [3.8, 4) is 0 Å². The molecule has 2 aromatic carbocycles. The maximum atomic E-state index is 4.69. The van der Waals surface area contributed by atoms with E-state index in [1.54, 1.807) is 23.1 Å². The van der Waals surface area contributed by atoms with Crippen molar-refractivity contribution in [3.05, 3.63) is 48.0 Å². The minimum atomic E-state index is 0.945. The van der Waals surface area contributed by atoms with E-state index in [0.717, 1.165) is 16.3 Å². The molecule has 3 aromatic rings. The molecule has 1 heterocycles. The van der Waals surface area contributed by atoms with Crippen LogP contribution in [-0.2, 0) is 0 Å². The Bertz CT molecular complexity index is 702. The van der Waals surface area contributed by atoms with Gasteiger partial charge < -0.3 is 5.32 Å². The first-order chi connectivity index (χ1) is 9.26. The van der Waals surface area contributed by atoms with Gasteiger partial charge in [0.15, 0.2) is 5.13 Å². The topological polar surface area (TPSA) is 24.9 Å². The largest absolute Gasteiger partial charge is 0.332 e. The lowest BCUT2D eigenvalue weighted by Crippen LogP contribution is -1.88. The van der Waals surface area contributed by atoms with Crippen molar-refractivity contribution in [2.24, 2.45) is 0 Å². The van der Waals surface area contributed by atoms with Gasteiger partial charge in [-0.15, -0.1) is 11.8 Å². The summed E-state index contributed by atoms with van der Waals surface area (Å²) in [5.41, 5.74) is 3.43. The minimum absolute atomic E-state index is 0.945. The van der Waals surface area contributed by atoms with E-state index >= 15 is 0 Å². The minimum Gasteiger partial charge on any atom is -0.332 e. The van der Waals surface area contributed by atoms with Crippen molar-refractivity contribution in [3.63, 3.8) is 0 Å². The van der Waals surface area contributed by atoms with Crippen molar-refractivity contribution in [2.45, 2.75) is 11.8 Å². The number of thioether (sulfide) groups is 1. The highest BCUT2D eigenvalue weighted by Gasteiger charge is 2.07. The second kappa shape index (κ2) is 5.23. The van der Waals surface area contributed by atoms with Crippen LogP contribution in [0.4, 0.5) is 10.8 Å². The van der Waals surface area contributed by atoms with Gasteiger partial charge in [-0.25, -0.2) is 4.98 Å². The Hall–Kier alpha value is -1.52. The molecule has 2 nitrogen and oxygen atoms in total. The van der Waals surface area contributed by atoms with Crippen LogP contribution in [0.15, 0.2) is 47.4 Å². The van der Waals surface area contributed by atoms with Crippen LogP contribution in [0, 0.1) is 6.92 Å². The maximum Gasteiger partial charge on any atom is 0.188 e. The molecule has 0 saturated heterocycles. The first-order valence-electron chi connectivity index (χ1n) is 6.03. The lowest BCUT2D eigenvalue weighted by Gasteiger charge is -2.01. The van der Waals surface area contributed by atoms with Gasteiger partial charge in [0.25, 0.3) is 0 Å². The first kappa shape index (κ1) is 12.5. The second-order valence-corrected chi connectivity index (χ2v) is 6.20. The lowest BCUT2D eigenvalue weighted by atomic mass is 10.2. The van der Waals surface area contributed by atoms with E-state index in [4.69, 9.17) is 0 Å². The van der Waals surface area contributed by atoms with Gasteiger partial charge in [-0.05, 0) is 37.4 Å². The van der Waals surface area contributed by atoms with Gasteiger partial charge in [0.1, 0.15) is 0 Å². The number of anilines is 2. The SMILES string of the molecule is CSc1cccc2sc(Nc3ccc(C)cc3)nc12. The predicted octanol–water partition coefficient (Wildman–Crippen LogP) is 5.07. The van der Waals surface area contributed by atoms with Gasteiger partial charge in [-0.3, -0.25) is 0 Å². The molecule has 0 amide bonds. The third kappa shape index (κ3) is 2.60. The number of thiazole rings is 1. The van der Waals surface area contributed by atoms with Crippen molar-refractivity contribution in [1.29, 1.82) is 0 Å². The van der Waals surface area contributed by atoms with E-state index in [0.29, 0.717) is 0 Å². The van der Waals surface area contributed by atoms with Gasteiger partial charge in [0.05, 0.1) is 10.2 Å². The summed E-state index contributed by atoms with van der Waals surface area (Å²) in [4.78, 5) is 5.92. The van der Waals surface area contributed by atoms with E-state index in [1.807, 2.05) is 0 Å². The van der Waals surface area contributed by atoms with Crippen LogP contribution < -0.4 is 5.32 Å². The highest BCUT2D eigenvalue weighted by Crippen LogP contribution is 2.33. The Morgan fingerprint density at radius 2 is 1.89 bits per heavy atom. The van der Waals surface area contributed by atoms with Crippen LogP contribution in [0.5, 0.6) is 0 Å². The Balaban J connectivity index is 1.95. The number of para-hydroxylation sites is 1. The average Bonchev–Trinajstić information content (AvgIpc) is 2.83. The van der Waals surface area contributed by atoms with Crippen molar-refractivity contribution < 1.29 is 0 Å². The Morgan fingerprint density at radius 1 is 1.11 bits per heavy atom. The Kier molecular flexibility index (Phi) is 3.44. The zero-order valence-corrected chi connectivity index (χ0v) is 12.4. The van der Waals surface area contributed by atoms with Gasteiger partial charge in [0.2, 0.25) is 0 Å². The van der Waals surface area contributed by atoms with Gasteiger partial charge >= 0.3 is 0 Å². The van der Waals surface area contributed by atoms with Crippen LogP contribution >= 0.6 is 23.1 Å². The maximum absolute atomic E-state index is 4.69. The van der Waals surface area contributed by atoms with Crippen molar-refractivity contribution in [1.82, 2.24) is 4.98 Å². The van der Waals surface area contributed by atoms with Crippen LogP contribution in [0.25, 0.3) is 10.2 Å². The standard InChI is InChI=1S/C15H14N2S2/c1-10-6-8-11(9-7-10)16-15-17-14-12(18-2)4-3-5-13(14)19-15/h3-9H,1-2H3,(H,16,17). The van der Waals surface area contributed by atoms with E-state index < -0.39 is 0 Å². The zero-order chi connectivity index (χ0) is 13.2. The number of fused-ring (bicyclic) bond motifs is 1. The molecular formula is C15H14N2S2. The van der Waals surface area contributed by atoms with E-state index in [-0.39, 0.29) is 0 Å². The Morgan fingerprint density at radius 3 is 2.63 bits per heavy atom. The summed E-state index contributed by atoms with van der Waals surface area (Å²) in [6.45, 7) is 2.09. The van der Waals surface area contributed by atoms with Crippen LogP contribution in [0.2, 0.25) is 0 Å². The second-order valence-electron chi connectivity index (χ2n) is 4.32. The molecule has 1 aromatic heterocycles. The summed E-state index contributed by atoms with van der Waals surface area (Å²) in [6, 6.07) is 14.7. The molecule has 0 fully saturated rings. The molecular weight excluding hydrogens is 272 g/mol. The summed E-state index contributed by atoms with van der Waals surface area (Å²) in [5, 5.41) is 4.31. The van der Waals surface area contributed by atoms with E-state index in [1.165, 1.54) is 15.2 Å². The normalized spacial score (nSPS) is 10.8. The van der Waals surface area contributed by atoms with E-state index in [9.17, 15) is 0 Å². The fourth-order valence-electron chi connectivity index (χ4n) is 1.90. The van der Waals surface area contributed by atoms with Crippen LogP contribution in [0.1, 0.15) is 5.56 Å². The molecule has 0 saturated carbocycles. The molecule has 0 spiro atoms. The number of hydrogen-bond acceptors (Lipinski definition) is 4. The first-order valence-corrected chi connectivity index (χ1v) is 8.07. The quantitative estimate of drug-likeness (QED) is 0.680. The summed E-state index contributed by atoms with van der Waals surface area (Å²) in [5.74, 6) is 0. The summed E-state index contributed by atoms with van der Waals surface area (Å²) >= 11 is 3.43. The smallest absolute Gasteiger partial charge is 0.188 e. The summed E-state index contributed by atoms with van der Waals surface area (Å²) < 4.78 is 1.22. The summed E-state index contributed by atoms with van der Waals surface area (Å²) in [7, 11) is 0. The van der Waals surface area contributed by atoms with Crippen LogP contribution in [0.3, 0.4) is 0 Å². The molecule has 0 bridgehead atoms. The van der Waals surface area contributed by atoms with Gasteiger partial charge in [-0.2, -0.15) is 0 Å².